The molecule has 0 fully saturated rings. The predicted molar refractivity (Wildman–Crippen MR) is 82.3 cm³/mol. The number of hydrogen-bond acceptors (Lipinski definition) is 2. The number of nitrogens with one attached hydrogen (secondary N) is 1. The van der Waals surface area contributed by atoms with Crippen LogP contribution in [0.5, 0.6) is 0 Å². The van der Waals surface area contributed by atoms with Crippen LogP contribution in [-0.4, -0.2) is 12.5 Å². The van der Waals surface area contributed by atoms with Crippen LogP contribution in [0.4, 0.5) is 17.1 Å². The minimum atomic E-state index is -0.450. The number of hydrogen-bond donors (Lipinski definition) is 1. The van der Waals surface area contributed by atoms with Crippen molar-refractivity contribution in [1.82, 2.24) is 0 Å². The molecule has 0 unspecified atom stereocenters. The summed E-state index contributed by atoms with van der Waals surface area (Å²) in [7, 11) is 0. The van der Waals surface area contributed by atoms with Crippen molar-refractivity contribution in [1.29, 1.82) is 0 Å². The van der Waals surface area contributed by atoms with Crippen molar-refractivity contribution in [2.24, 2.45) is 5.41 Å². The number of rotatable bonds is 1. The van der Waals surface area contributed by atoms with Gasteiger partial charge >= 0.3 is 0 Å². The molecule has 0 aromatic heterocycles. The van der Waals surface area contributed by atoms with Crippen LogP contribution in [0.25, 0.3) is 0 Å². The first-order chi connectivity index (χ1) is 9.59. The largest absolute Gasteiger partial charge is 0.382 e. The number of para-hydroxylation sites is 3. The third-order valence-electron chi connectivity index (χ3n) is 3.66. The minimum absolute atomic E-state index is 0.112. The second-order valence-corrected chi connectivity index (χ2v) is 5.73. The lowest BCUT2D eigenvalue weighted by molar-refractivity contribution is -0.125. The Morgan fingerprint density at radius 2 is 1.65 bits per heavy atom. The standard InChI is InChI=1S/C17H18N2O/c1-17(2)12-18-14-10-6-7-11-15(14)19(16(17)20)13-8-4-3-5-9-13/h3-11,18H,12H2,1-2H3. The van der Waals surface area contributed by atoms with Crippen molar-refractivity contribution in [2.45, 2.75) is 13.8 Å². The summed E-state index contributed by atoms with van der Waals surface area (Å²) in [5.74, 6) is 0.112. The van der Waals surface area contributed by atoms with Crippen LogP contribution in [0.15, 0.2) is 54.6 Å². The van der Waals surface area contributed by atoms with Crippen molar-refractivity contribution in [3.63, 3.8) is 0 Å². The molecule has 0 radical (unpaired) electrons. The van der Waals surface area contributed by atoms with E-state index in [0.717, 1.165) is 17.1 Å². The molecule has 1 aliphatic rings. The van der Waals surface area contributed by atoms with E-state index in [4.69, 9.17) is 0 Å². The van der Waals surface area contributed by atoms with Crippen molar-refractivity contribution < 1.29 is 4.79 Å². The maximum absolute atomic E-state index is 12.9. The molecule has 0 atom stereocenters. The van der Waals surface area contributed by atoms with Gasteiger partial charge in [0.05, 0.1) is 16.8 Å². The first kappa shape index (κ1) is 12.7. The molecule has 2 aromatic carbocycles. The third-order valence-corrected chi connectivity index (χ3v) is 3.66. The van der Waals surface area contributed by atoms with E-state index in [-0.39, 0.29) is 5.91 Å². The zero-order chi connectivity index (χ0) is 14.2. The summed E-state index contributed by atoms with van der Waals surface area (Å²) in [6.07, 6.45) is 0. The van der Waals surface area contributed by atoms with Crippen molar-refractivity contribution in [3.8, 4) is 0 Å². The maximum atomic E-state index is 12.9. The summed E-state index contributed by atoms with van der Waals surface area (Å²) in [4.78, 5) is 14.7. The van der Waals surface area contributed by atoms with Gasteiger partial charge < -0.3 is 5.32 Å². The van der Waals surface area contributed by atoms with Gasteiger partial charge in [0.25, 0.3) is 0 Å². The molecule has 0 saturated heterocycles. The Balaban J connectivity index is 2.19. The number of fused-ring (bicyclic) bond motifs is 1. The maximum Gasteiger partial charge on any atom is 0.239 e. The van der Waals surface area contributed by atoms with Gasteiger partial charge in [0.2, 0.25) is 5.91 Å². The van der Waals surface area contributed by atoms with Crippen LogP contribution in [0.1, 0.15) is 13.8 Å². The average molecular weight is 266 g/mol. The van der Waals surface area contributed by atoms with Crippen LogP contribution in [0.3, 0.4) is 0 Å². The molecule has 0 spiro atoms. The second kappa shape index (κ2) is 4.67. The summed E-state index contributed by atoms with van der Waals surface area (Å²) < 4.78 is 0. The van der Waals surface area contributed by atoms with E-state index in [9.17, 15) is 4.79 Å². The molecule has 102 valence electrons. The predicted octanol–water partition coefficient (Wildman–Crippen LogP) is 3.80. The summed E-state index contributed by atoms with van der Waals surface area (Å²) in [6, 6.07) is 17.7. The van der Waals surface area contributed by atoms with Gasteiger partial charge in [-0.3, -0.25) is 9.69 Å². The molecule has 3 nitrogen and oxygen atoms in total. The van der Waals surface area contributed by atoms with Gasteiger partial charge in [-0.05, 0) is 38.1 Å². The molecule has 1 amide bonds. The van der Waals surface area contributed by atoms with Crippen LogP contribution in [-0.2, 0) is 4.79 Å². The Morgan fingerprint density at radius 1 is 1.00 bits per heavy atom. The fraction of sp³-hybridized carbons (Fsp3) is 0.235. The molecule has 1 aliphatic heterocycles. The van der Waals surface area contributed by atoms with Gasteiger partial charge in [0.15, 0.2) is 0 Å². The first-order valence-corrected chi connectivity index (χ1v) is 6.82. The summed E-state index contributed by atoms with van der Waals surface area (Å²) in [5, 5.41) is 3.38. The zero-order valence-electron chi connectivity index (χ0n) is 11.8. The molecule has 2 aromatic rings. The van der Waals surface area contributed by atoms with Crippen LogP contribution >= 0.6 is 0 Å². The van der Waals surface area contributed by atoms with Crippen LogP contribution in [0, 0.1) is 5.41 Å². The molecule has 3 heteroatoms. The topological polar surface area (TPSA) is 32.3 Å². The monoisotopic (exact) mass is 266 g/mol. The van der Waals surface area contributed by atoms with Crippen molar-refractivity contribution in [3.05, 3.63) is 54.6 Å². The average Bonchev–Trinajstić information content (AvgIpc) is 2.56. The molecule has 3 rings (SSSR count). The lowest BCUT2D eigenvalue weighted by Crippen LogP contribution is -2.39. The highest BCUT2D eigenvalue weighted by Gasteiger charge is 2.36. The summed E-state index contributed by atoms with van der Waals surface area (Å²) in [5.41, 5.74) is 2.36. The minimum Gasteiger partial charge on any atom is -0.382 e. The van der Waals surface area contributed by atoms with E-state index in [1.807, 2.05) is 73.3 Å². The summed E-state index contributed by atoms with van der Waals surface area (Å²) in [6.45, 7) is 4.58. The molecule has 1 heterocycles. The fourth-order valence-electron chi connectivity index (χ4n) is 2.46. The number of carbonyl (C=O) groups is 1. The molecular formula is C17H18N2O. The molecule has 0 aliphatic carbocycles. The van der Waals surface area contributed by atoms with E-state index >= 15 is 0 Å². The number of anilines is 3. The Hall–Kier alpha value is -2.29. The van der Waals surface area contributed by atoms with Gasteiger partial charge in [-0.15, -0.1) is 0 Å². The van der Waals surface area contributed by atoms with Gasteiger partial charge in [0, 0.05) is 12.2 Å². The second-order valence-electron chi connectivity index (χ2n) is 5.73. The quantitative estimate of drug-likeness (QED) is 0.851. The number of benzene rings is 2. The van der Waals surface area contributed by atoms with Gasteiger partial charge in [-0.2, -0.15) is 0 Å². The SMILES string of the molecule is CC1(C)CNc2ccccc2N(c2ccccc2)C1=O. The van der Waals surface area contributed by atoms with E-state index in [1.54, 1.807) is 0 Å². The lowest BCUT2D eigenvalue weighted by atomic mass is 9.91. The number of carbonyl (C=O) groups excluding carboxylic acids is 1. The molecule has 1 N–H and O–H groups in total. The Kier molecular flexibility index (Phi) is 2.97. The lowest BCUT2D eigenvalue weighted by Gasteiger charge is -2.28. The highest BCUT2D eigenvalue weighted by molar-refractivity contribution is 6.07. The molecule has 0 saturated carbocycles. The Labute approximate surface area is 119 Å². The van der Waals surface area contributed by atoms with Gasteiger partial charge in [0.1, 0.15) is 0 Å². The third kappa shape index (κ3) is 2.05. The van der Waals surface area contributed by atoms with Gasteiger partial charge in [-0.25, -0.2) is 0 Å². The number of amides is 1. The highest BCUT2D eigenvalue weighted by Crippen LogP contribution is 2.38. The van der Waals surface area contributed by atoms with E-state index in [1.165, 1.54) is 0 Å². The van der Waals surface area contributed by atoms with Gasteiger partial charge in [-0.1, -0.05) is 30.3 Å². The van der Waals surface area contributed by atoms with Crippen molar-refractivity contribution >= 4 is 23.0 Å². The molecular weight excluding hydrogens is 248 g/mol. The highest BCUT2D eigenvalue weighted by atomic mass is 16.2. The first-order valence-electron chi connectivity index (χ1n) is 6.82. The van der Waals surface area contributed by atoms with E-state index in [0.29, 0.717) is 6.54 Å². The van der Waals surface area contributed by atoms with Crippen molar-refractivity contribution in [2.75, 3.05) is 16.8 Å². The zero-order valence-corrected chi connectivity index (χ0v) is 11.8. The van der Waals surface area contributed by atoms with E-state index in [2.05, 4.69) is 5.32 Å². The van der Waals surface area contributed by atoms with Crippen LogP contribution < -0.4 is 10.2 Å². The fourth-order valence-corrected chi connectivity index (χ4v) is 2.46. The van der Waals surface area contributed by atoms with E-state index < -0.39 is 5.41 Å². The van der Waals surface area contributed by atoms with Crippen LogP contribution in [0.2, 0.25) is 0 Å². The Bertz CT molecular complexity index is 634. The normalized spacial score (nSPS) is 17.1. The summed E-state index contributed by atoms with van der Waals surface area (Å²) >= 11 is 0. The molecule has 20 heavy (non-hydrogen) atoms. The molecule has 0 bridgehead atoms. The smallest absolute Gasteiger partial charge is 0.239 e. The Morgan fingerprint density at radius 3 is 2.40 bits per heavy atom. The number of nitrogens with zero attached hydrogens (tertiary/aromatic N) is 1.